The van der Waals surface area contributed by atoms with Crippen molar-refractivity contribution in [3.8, 4) is 126 Å². The number of ether oxygens (including phenoxy) is 22. The van der Waals surface area contributed by atoms with Crippen LogP contribution in [0.3, 0.4) is 0 Å². The lowest BCUT2D eigenvalue weighted by molar-refractivity contribution is 0.205. The van der Waals surface area contributed by atoms with E-state index < -0.39 is 0 Å². The molecule has 0 N–H and O–H groups in total. The molecule has 22 nitrogen and oxygen atoms in total. The van der Waals surface area contributed by atoms with Gasteiger partial charge in [0.05, 0.1) is 70.1 Å². The maximum absolute atomic E-state index is 6.97. The van der Waals surface area contributed by atoms with Crippen molar-refractivity contribution in [1.82, 2.24) is 0 Å². The maximum Gasteiger partial charge on any atom is 0.161 e. The van der Waals surface area contributed by atoms with Crippen LogP contribution in [0.2, 0.25) is 0 Å². The normalized spacial score (nSPS) is 14.9. The Labute approximate surface area is 795 Å². The van der Waals surface area contributed by atoms with Crippen LogP contribution in [-0.4, -0.2) is 149 Å². The van der Waals surface area contributed by atoms with Crippen molar-refractivity contribution in [2.75, 3.05) is 149 Å². The third kappa shape index (κ3) is 19.9. The molecule has 28 bridgehead atoms. The lowest BCUT2D eigenvalue weighted by atomic mass is 9.94. The minimum Gasteiger partial charge on any atom is -0.493 e. The van der Waals surface area contributed by atoms with Crippen LogP contribution in [0.4, 0.5) is 0 Å². The Morgan fingerprint density at radius 2 is 0.301 bits per heavy atom. The molecule has 0 radical (unpaired) electrons. The second-order valence-electron chi connectivity index (χ2n) is 36.0. The first-order valence-corrected chi connectivity index (χ1v) is 47.8. The van der Waals surface area contributed by atoms with E-state index in [-0.39, 0.29) is 79.3 Å². The van der Waals surface area contributed by atoms with E-state index in [0.29, 0.717) is 205 Å². The molecule has 12 aliphatic rings. The Balaban J connectivity index is 0.544. The highest BCUT2D eigenvalue weighted by molar-refractivity contribution is 5.65. The highest BCUT2D eigenvalue weighted by Gasteiger charge is 2.31. The van der Waals surface area contributed by atoms with Crippen LogP contribution in [-0.2, 0) is 77.0 Å². The van der Waals surface area contributed by atoms with Gasteiger partial charge >= 0.3 is 0 Å². The second kappa shape index (κ2) is 41.2. The van der Waals surface area contributed by atoms with E-state index in [1.807, 2.05) is 0 Å². The number of benzene rings is 12. The van der Waals surface area contributed by atoms with Crippen LogP contribution >= 0.6 is 0 Å². The van der Waals surface area contributed by atoms with E-state index in [1.165, 1.54) is 0 Å². The monoisotopic (exact) mass is 1840 g/mol. The molecule has 0 fully saturated rings. The lowest BCUT2D eigenvalue weighted by Gasteiger charge is -2.20. The van der Waals surface area contributed by atoms with Crippen molar-refractivity contribution in [3.05, 3.63) is 291 Å². The molecular formula is C114H118O22. The third-order valence-electron chi connectivity index (χ3n) is 27.5. The van der Waals surface area contributed by atoms with Crippen LogP contribution in [0.1, 0.15) is 185 Å². The zero-order chi connectivity index (χ0) is 92.5. The topological polar surface area (TPSA) is 203 Å². The molecule has 0 spiro atoms. The predicted molar refractivity (Wildman–Crippen MR) is 517 cm³/mol. The number of hydrogen-bond donors (Lipinski definition) is 0. The number of hydrogen-bond acceptors (Lipinski definition) is 22. The first kappa shape index (κ1) is 90.1. The van der Waals surface area contributed by atoms with Gasteiger partial charge in [-0.3, -0.25) is 0 Å². The van der Waals surface area contributed by atoms with Gasteiger partial charge in [0, 0.05) is 0 Å². The van der Waals surface area contributed by atoms with Crippen LogP contribution < -0.4 is 104 Å². The fraction of sp³-hybridized carbons (Fsp3) is 0.368. The third-order valence-corrected chi connectivity index (χ3v) is 27.5. The van der Waals surface area contributed by atoms with E-state index in [0.717, 1.165) is 196 Å². The molecule has 8 aliphatic heterocycles. The van der Waals surface area contributed by atoms with Crippen molar-refractivity contribution in [2.45, 2.75) is 128 Å². The van der Waals surface area contributed by atoms with Crippen molar-refractivity contribution in [3.63, 3.8) is 0 Å². The fourth-order valence-electron chi connectivity index (χ4n) is 20.3. The van der Waals surface area contributed by atoms with Crippen molar-refractivity contribution in [2.24, 2.45) is 0 Å². The predicted octanol–water partition coefficient (Wildman–Crippen LogP) is 20.7. The summed E-state index contributed by atoms with van der Waals surface area (Å²) in [6.07, 6.45) is 15.2. The molecule has 12 aromatic carbocycles. The van der Waals surface area contributed by atoms with Gasteiger partial charge in [0.2, 0.25) is 0 Å². The van der Waals surface area contributed by atoms with E-state index in [9.17, 15) is 0 Å². The molecule has 0 amide bonds. The number of methoxy groups -OCH3 is 8. The summed E-state index contributed by atoms with van der Waals surface area (Å²) in [5.74, 6) is 14.1. The Kier molecular flexibility index (Phi) is 27.3. The first-order chi connectivity index (χ1) is 66.9. The molecule has 24 rings (SSSR count). The highest BCUT2D eigenvalue weighted by atomic mass is 16.6. The van der Waals surface area contributed by atoms with Gasteiger partial charge in [0.15, 0.2) is 115 Å². The molecule has 0 aromatic heterocycles. The Morgan fingerprint density at radius 1 is 0.154 bits per heavy atom. The summed E-state index contributed by atoms with van der Waals surface area (Å²) in [5.41, 5.74) is 26.4. The average molecular weight is 1840 g/mol. The molecule has 706 valence electrons. The first-order valence-electron chi connectivity index (χ1n) is 47.8. The van der Waals surface area contributed by atoms with Gasteiger partial charge in [-0.2, -0.15) is 0 Å². The Morgan fingerprint density at radius 3 is 0.493 bits per heavy atom. The van der Waals surface area contributed by atoms with Gasteiger partial charge in [-0.05, 0) is 369 Å². The van der Waals surface area contributed by atoms with E-state index in [2.05, 4.69) is 158 Å². The van der Waals surface area contributed by atoms with E-state index in [4.69, 9.17) is 104 Å². The number of rotatable bonds is 21. The van der Waals surface area contributed by atoms with Gasteiger partial charge in [0.1, 0.15) is 90.8 Å². The SMILES string of the molecule is COc1cc2c3cc1OCCOc1cc4c(cc1OC)Cc1cc(OCCCCCCCCCCOc5cc6c7cc5OCCOc5ccc8c(c5)Cc5cc(OC)c9cc5Cc5cc(c(OC)cc5C8)OCCOc5cc(c(cc5OC)C6)Cc5cc(c(OC)cc5C7)OCCO9)c5cc1Cc1cc(OC)c(cc1C4)OCCOc1cc(c(cc1OC)Cc1cc(ccc1C2)OCCO5)C3. The Bertz CT molecular complexity index is 6040. The van der Waals surface area contributed by atoms with Crippen molar-refractivity contribution < 1.29 is 104 Å². The van der Waals surface area contributed by atoms with Crippen LogP contribution in [0, 0.1) is 0 Å². The van der Waals surface area contributed by atoms with Gasteiger partial charge in [-0.1, -0.05) is 50.7 Å². The van der Waals surface area contributed by atoms with Gasteiger partial charge in [-0.15, -0.1) is 0 Å². The minimum atomic E-state index is 0.234. The summed E-state index contributed by atoms with van der Waals surface area (Å²) in [5, 5.41) is 0. The summed E-state index contributed by atoms with van der Waals surface area (Å²) >= 11 is 0. The van der Waals surface area contributed by atoms with E-state index >= 15 is 0 Å². The Hall–Kier alpha value is -13.8. The van der Waals surface area contributed by atoms with Gasteiger partial charge in [-0.25, -0.2) is 0 Å². The maximum atomic E-state index is 6.97. The molecule has 0 saturated carbocycles. The molecule has 0 atom stereocenters. The van der Waals surface area contributed by atoms with Crippen LogP contribution in [0.5, 0.6) is 126 Å². The molecule has 4 aliphatic carbocycles. The van der Waals surface area contributed by atoms with Crippen LogP contribution in [0.25, 0.3) is 0 Å². The molecule has 22 heteroatoms. The van der Waals surface area contributed by atoms with Crippen molar-refractivity contribution >= 4 is 0 Å². The molecule has 12 aromatic rings. The molecule has 8 heterocycles. The second-order valence-corrected chi connectivity index (χ2v) is 36.0. The molecule has 136 heavy (non-hydrogen) atoms. The van der Waals surface area contributed by atoms with Gasteiger partial charge in [0.25, 0.3) is 0 Å². The number of unbranched alkanes of at least 4 members (excludes halogenated alkanes) is 7. The molecule has 0 saturated heterocycles. The summed E-state index contributed by atoms with van der Waals surface area (Å²) in [6, 6.07) is 55.5. The van der Waals surface area contributed by atoms with Crippen LogP contribution in [0.15, 0.2) is 158 Å². The van der Waals surface area contributed by atoms with Gasteiger partial charge < -0.3 is 104 Å². The zero-order valence-corrected chi connectivity index (χ0v) is 79.0. The summed E-state index contributed by atoms with van der Waals surface area (Å²) in [6.45, 7) is 3.99. The smallest absolute Gasteiger partial charge is 0.161 e. The summed E-state index contributed by atoms with van der Waals surface area (Å²) in [7, 11) is 13.5. The summed E-state index contributed by atoms with van der Waals surface area (Å²) < 4.78 is 144. The zero-order valence-electron chi connectivity index (χ0n) is 79.0. The molecular weight excluding hydrogens is 1720 g/mol. The molecule has 0 unspecified atom stereocenters. The number of fused-ring (bicyclic) bond motifs is 5. The quantitative estimate of drug-likeness (QED) is 0.0614. The van der Waals surface area contributed by atoms with E-state index in [1.54, 1.807) is 56.9 Å². The lowest BCUT2D eigenvalue weighted by Crippen LogP contribution is -2.12. The standard InChI is InChI=1S/C114H118O22/c1-115-95-49-73-35-69-17-19-93-47-71(69)37-75-51-97(117-3)105-59-83(75)43-81(73)57-103(95)127-27-29-131-107-61-85-45-87-63-109(133-33-31-129-105)101(121-7)55-79(87)41-91-67-113(135-25-23-123-93)111(65-89(91)39-77(85)53-99(107)119-5)125-21-15-13-11-9-10-12-14-16-22-126-112-66-90-40-78-54-100(120-6)108-62-86(78)46-88-64-110-102(122-8)56-80(88)42-92(90)68-114(112)136-26-24-124-94-20-18-70-36-74-50-96(116-2)104(128-28-30-132-108)58-82(74)44-84-60-106(130-32-34-134-110)98(118-4)52-76(84)38-72(70)48-94/h17-20,47-68H,9-16,21-46H2,1-8H3. The summed E-state index contributed by atoms with van der Waals surface area (Å²) in [4.78, 5) is 0. The highest BCUT2D eigenvalue weighted by Crippen LogP contribution is 2.49. The average Bonchev–Trinajstić information content (AvgIpc) is 1.60. The largest absolute Gasteiger partial charge is 0.493 e. The fourth-order valence-corrected chi connectivity index (χ4v) is 20.3. The minimum absolute atomic E-state index is 0.234. The van der Waals surface area contributed by atoms with Crippen molar-refractivity contribution in [1.29, 1.82) is 0 Å².